The third-order valence-corrected chi connectivity index (χ3v) is 9.99. The Kier molecular flexibility index (Phi) is 12.7. The summed E-state index contributed by atoms with van der Waals surface area (Å²) in [6.07, 6.45) is 0.715. The predicted octanol–water partition coefficient (Wildman–Crippen LogP) is 6.31. The fraction of sp³-hybridized carbons (Fsp3) is 0.171. The number of aromatic hydroxyl groups is 1. The highest BCUT2D eigenvalue weighted by Crippen LogP contribution is 2.44. The largest absolute Gasteiger partial charge is 0.505 e. The van der Waals surface area contributed by atoms with Crippen LogP contribution in [0.25, 0.3) is 21.5 Å². The van der Waals surface area contributed by atoms with Gasteiger partial charge in [0.2, 0.25) is 17.2 Å². The van der Waals surface area contributed by atoms with Crippen LogP contribution in [0.2, 0.25) is 5.28 Å². The monoisotopic (exact) mass is 859 g/mol. The molecule has 6 rings (SSSR count). The number of hydrogen-bond acceptors (Lipinski definition) is 15. The van der Waals surface area contributed by atoms with Crippen LogP contribution in [-0.2, 0) is 36.9 Å². The molecule has 6 aromatic rings. The van der Waals surface area contributed by atoms with Crippen molar-refractivity contribution in [2.75, 3.05) is 29.6 Å². The van der Waals surface area contributed by atoms with Crippen LogP contribution in [0.3, 0.4) is 0 Å². The van der Waals surface area contributed by atoms with Gasteiger partial charge in [-0.15, -0.1) is 10.2 Å². The summed E-state index contributed by atoms with van der Waals surface area (Å²) in [6, 6.07) is 21.2. The van der Waals surface area contributed by atoms with Crippen molar-refractivity contribution in [3.8, 4) is 5.75 Å². The molecule has 0 aliphatic rings. The van der Waals surface area contributed by atoms with E-state index in [0.29, 0.717) is 29.4 Å². The van der Waals surface area contributed by atoms with E-state index in [4.69, 9.17) is 16.2 Å². The van der Waals surface area contributed by atoms with Crippen LogP contribution in [0.5, 0.6) is 5.75 Å². The Balaban J connectivity index is 0.00000117. The Bertz CT molecular complexity index is 2860. The lowest BCUT2D eigenvalue weighted by atomic mass is 10.0. The molecule has 0 saturated heterocycles. The van der Waals surface area contributed by atoms with Crippen LogP contribution in [0.1, 0.15) is 16.7 Å². The summed E-state index contributed by atoms with van der Waals surface area (Å²) >= 11 is 6.31. The van der Waals surface area contributed by atoms with E-state index in [1.54, 1.807) is 36.1 Å². The van der Waals surface area contributed by atoms with Crippen molar-refractivity contribution in [2.24, 2.45) is 10.2 Å². The minimum atomic E-state index is -5.02. The lowest BCUT2D eigenvalue weighted by Gasteiger charge is -2.22. The number of phenols is 1. The Labute approximate surface area is 331 Å². The molecule has 57 heavy (non-hydrogen) atoms. The van der Waals surface area contributed by atoms with E-state index < -0.39 is 40.1 Å². The summed E-state index contributed by atoms with van der Waals surface area (Å²) < 4.78 is 95.3. The topological polar surface area (TPSA) is 282 Å². The van der Waals surface area contributed by atoms with E-state index >= 15 is 0 Å². The van der Waals surface area contributed by atoms with E-state index in [2.05, 4.69) is 30.5 Å². The van der Waals surface area contributed by atoms with Gasteiger partial charge in [-0.2, -0.15) is 40.2 Å². The van der Waals surface area contributed by atoms with Gasteiger partial charge in [-0.1, -0.05) is 48.5 Å². The number of aromatic nitrogens is 3. The standard InChI is InChI=1S/C34H30ClN7O8S2.CH4O3S/c1-19-15-24-23(27(16-19)51(45,46)47)11-12-26(31(24)52(48,49)50)40-41-29-20(2)17-22-9-6-10-25(28(22)30(29)44)36-33-37-32(35)38-34(39-33)42(13-14-43)18-21-7-4-3-5-8-21;1-5(2,3)4/h3-12,15-17,43-44H,13-14,18H2,1-2H3,(H,45,46,47)(H,48,49,50)(H,36,37,38,39);1H3,(H,2,3,4). The first-order valence-electron chi connectivity index (χ1n) is 16.3. The zero-order chi connectivity index (χ0) is 41.9. The van der Waals surface area contributed by atoms with Crippen molar-refractivity contribution in [1.29, 1.82) is 0 Å². The molecule has 0 radical (unpaired) electrons. The average Bonchev–Trinajstić information content (AvgIpc) is 3.09. The maximum absolute atomic E-state index is 12.6. The second-order valence-corrected chi connectivity index (χ2v) is 17.0. The van der Waals surface area contributed by atoms with E-state index in [1.807, 2.05) is 30.3 Å². The molecule has 0 fully saturated rings. The molecular weight excluding hydrogens is 826 g/mol. The zero-order valence-electron chi connectivity index (χ0n) is 30.1. The van der Waals surface area contributed by atoms with Crippen LogP contribution >= 0.6 is 11.6 Å². The second-order valence-electron chi connectivity index (χ2n) is 12.4. The Morgan fingerprint density at radius 3 is 2.12 bits per heavy atom. The second kappa shape index (κ2) is 17.0. The summed E-state index contributed by atoms with van der Waals surface area (Å²) in [7, 11) is -13.5. The lowest BCUT2D eigenvalue weighted by Crippen LogP contribution is -2.28. The highest BCUT2D eigenvalue weighted by molar-refractivity contribution is 7.86. The molecule has 0 bridgehead atoms. The summed E-state index contributed by atoms with van der Waals surface area (Å²) in [6.45, 7) is 3.54. The minimum Gasteiger partial charge on any atom is -0.505 e. The molecule has 0 unspecified atom stereocenters. The van der Waals surface area contributed by atoms with Gasteiger partial charge in [-0.3, -0.25) is 13.7 Å². The summed E-state index contributed by atoms with van der Waals surface area (Å²) in [5, 5.41) is 33.0. The number of fused-ring (bicyclic) bond motifs is 2. The summed E-state index contributed by atoms with van der Waals surface area (Å²) in [5.74, 6) is -0.110. The summed E-state index contributed by atoms with van der Waals surface area (Å²) in [5.41, 5.74) is 1.62. The first-order valence-corrected chi connectivity index (χ1v) is 21.4. The number of nitrogens with zero attached hydrogens (tertiary/aromatic N) is 6. The van der Waals surface area contributed by atoms with Gasteiger partial charge in [0.05, 0.1) is 18.6 Å². The van der Waals surface area contributed by atoms with Crippen molar-refractivity contribution in [3.05, 3.63) is 101 Å². The summed E-state index contributed by atoms with van der Waals surface area (Å²) in [4.78, 5) is 13.4. The third kappa shape index (κ3) is 10.7. The van der Waals surface area contributed by atoms with Gasteiger partial charge in [0, 0.05) is 29.2 Å². The molecule has 0 amide bonds. The number of anilines is 3. The maximum Gasteiger partial charge on any atom is 0.297 e. The number of azo groups is 1. The molecule has 0 saturated carbocycles. The van der Waals surface area contributed by atoms with Crippen molar-refractivity contribution in [3.63, 3.8) is 0 Å². The number of phenolic OH excluding ortho intramolecular Hbond substituents is 1. The van der Waals surface area contributed by atoms with E-state index in [-0.39, 0.29) is 69.2 Å². The van der Waals surface area contributed by atoms with Gasteiger partial charge in [0.1, 0.15) is 21.2 Å². The van der Waals surface area contributed by atoms with Crippen molar-refractivity contribution < 1.29 is 49.1 Å². The Morgan fingerprint density at radius 1 is 0.807 bits per heavy atom. The van der Waals surface area contributed by atoms with E-state index in [9.17, 15) is 44.6 Å². The molecule has 0 aliphatic carbocycles. The molecule has 5 aromatic carbocycles. The zero-order valence-corrected chi connectivity index (χ0v) is 33.3. The molecule has 300 valence electrons. The molecule has 1 aromatic heterocycles. The van der Waals surface area contributed by atoms with Crippen LogP contribution in [-0.4, -0.2) is 83.5 Å². The maximum atomic E-state index is 12.6. The van der Waals surface area contributed by atoms with Gasteiger partial charge in [0.15, 0.2) is 5.75 Å². The number of hydrogen-bond donors (Lipinski definition) is 6. The number of benzene rings is 5. The van der Waals surface area contributed by atoms with Gasteiger partial charge < -0.3 is 20.4 Å². The third-order valence-electron chi connectivity index (χ3n) is 7.98. The molecule has 0 aliphatic heterocycles. The van der Waals surface area contributed by atoms with Gasteiger partial charge in [0.25, 0.3) is 30.4 Å². The molecule has 1 heterocycles. The number of aliphatic hydroxyl groups is 1. The lowest BCUT2D eigenvalue weighted by molar-refractivity contribution is 0.300. The number of nitrogens with one attached hydrogen (secondary N) is 1. The number of rotatable bonds is 11. The smallest absolute Gasteiger partial charge is 0.297 e. The van der Waals surface area contributed by atoms with Gasteiger partial charge >= 0.3 is 0 Å². The van der Waals surface area contributed by atoms with Crippen LogP contribution in [0, 0.1) is 13.8 Å². The average molecular weight is 860 g/mol. The first kappa shape index (κ1) is 42.7. The fourth-order valence-electron chi connectivity index (χ4n) is 5.79. The normalized spacial score (nSPS) is 12.1. The van der Waals surface area contributed by atoms with E-state index in [0.717, 1.165) is 17.7 Å². The molecular formula is C35H34ClN7O11S3. The molecule has 0 atom stereocenters. The molecule has 22 heteroatoms. The number of aliphatic hydroxyl groups excluding tert-OH is 1. The molecule has 18 nitrogen and oxygen atoms in total. The number of halogens is 1. The van der Waals surface area contributed by atoms with Crippen LogP contribution < -0.4 is 10.2 Å². The van der Waals surface area contributed by atoms with Crippen molar-refractivity contribution >= 4 is 92.5 Å². The Morgan fingerprint density at radius 2 is 1.49 bits per heavy atom. The molecule has 6 N–H and O–H groups in total. The van der Waals surface area contributed by atoms with Crippen molar-refractivity contribution in [1.82, 2.24) is 15.0 Å². The van der Waals surface area contributed by atoms with Crippen LogP contribution in [0.15, 0.2) is 98.9 Å². The highest BCUT2D eigenvalue weighted by atomic mass is 35.5. The van der Waals surface area contributed by atoms with Gasteiger partial charge in [-0.25, -0.2) is 0 Å². The SMILES string of the molecule is CS(=O)(=O)O.Cc1cc(S(=O)(=O)O)c2ccc(N=Nc3c(C)cc4cccc(Nc5nc(Cl)nc(N(CCO)Cc6ccccc6)n5)c4c3O)c(S(=O)(=O)O)c2c1. The first-order chi connectivity index (χ1) is 26.6. The molecule has 0 spiro atoms. The quantitative estimate of drug-likeness (QED) is 0.0615. The van der Waals surface area contributed by atoms with Gasteiger partial charge in [-0.05, 0) is 77.9 Å². The number of aryl methyl sites for hydroxylation is 2. The predicted molar refractivity (Wildman–Crippen MR) is 213 cm³/mol. The highest BCUT2D eigenvalue weighted by Gasteiger charge is 2.25. The minimum absolute atomic E-state index is 0.0372. The van der Waals surface area contributed by atoms with E-state index in [1.165, 1.54) is 19.1 Å². The fourth-order valence-corrected chi connectivity index (χ4v) is 7.56. The Hall–Kier alpha value is -5.39. The van der Waals surface area contributed by atoms with Crippen LogP contribution in [0.4, 0.5) is 29.0 Å². The van der Waals surface area contributed by atoms with Crippen molar-refractivity contribution in [2.45, 2.75) is 30.2 Å².